The first-order chi connectivity index (χ1) is 7.14. The highest BCUT2D eigenvalue weighted by Gasteiger charge is 2.54. The largest absolute Gasteiger partial charge is 0.415 e. The molecule has 2 unspecified atom stereocenters. The number of halogens is 3. The van der Waals surface area contributed by atoms with Crippen LogP contribution in [0.3, 0.4) is 0 Å². The van der Waals surface area contributed by atoms with Crippen LogP contribution in [-0.4, -0.2) is 48.7 Å². The van der Waals surface area contributed by atoms with Crippen molar-refractivity contribution in [1.29, 1.82) is 0 Å². The van der Waals surface area contributed by atoms with Crippen LogP contribution in [-0.2, 0) is 4.79 Å². The molecule has 1 amide bonds. The summed E-state index contributed by atoms with van der Waals surface area (Å²) >= 11 is 0. The third kappa shape index (κ3) is 2.65. The fraction of sp³-hybridized carbons (Fsp3) is 0.889. The molecule has 94 valence electrons. The van der Waals surface area contributed by atoms with Crippen molar-refractivity contribution >= 4 is 5.91 Å². The maximum atomic E-state index is 12.4. The minimum atomic E-state index is -4.73. The van der Waals surface area contributed by atoms with Gasteiger partial charge < -0.3 is 16.0 Å². The molecule has 0 aromatic heterocycles. The van der Waals surface area contributed by atoms with Gasteiger partial charge in [0.25, 0.3) is 0 Å². The minimum Gasteiger partial charge on any atom is -0.350 e. The summed E-state index contributed by atoms with van der Waals surface area (Å²) < 4.78 is 37.3. The van der Waals surface area contributed by atoms with Crippen LogP contribution in [0.15, 0.2) is 0 Å². The molecule has 0 aliphatic carbocycles. The number of likely N-dealkylation sites (tertiary alicyclic amines) is 1. The maximum absolute atomic E-state index is 12.4. The van der Waals surface area contributed by atoms with E-state index in [2.05, 4.69) is 5.32 Å². The predicted molar refractivity (Wildman–Crippen MR) is 52.7 cm³/mol. The standard InChI is InChI=1S/C9H16F3N3O/c1-8(13,9(10,11)12)7(16)14-6-3-4-15(2)5-6/h6H,3-5,13H2,1-2H3,(H,14,16). The first kappa shape index (κ1) is 13.2. The molecule has 0 bridgehead atoms. The van der Waals surface area contributed by atoms with Gasteiger partial charge in [-0.2, -0.15) is 13.2 Å². The first-order valence-electron chi connectivity index (χ1n) is 4.99. The van der Waals surface area contributed by atoms with E-state index in [1.165, 1.54) is 0 Å². The molecule has 0 aromatic rings. The van der Waals surface area contributed by atoms with Crippen molar-refractivity contribution in [2.24, 2.45) is 5.73 Å². The lowest BCUT2D eigenvalue weighted by molar-refractivity contribution is -0.187. The highest BCUT2D eigenvalue weighted by molar-refractivity contribution is 5.86. The normalized spacial score (nSPS) is 26.5. The van der Waals surface area contributed by atoms with Crippen LogP contribution < -0.4 is 11.1 Å². The molecule has 1 aliphatic rings. The van der Waals surface area contributed by atoms with Crippen LogP contribution in [0.25, 0.3) is 0 Å². The SMILES string of the molecule is CN1CCC(NC(=O)C(C)(N)C(F)(F)F)C1. The van der Waals surface area contributed by atoms with E-state index in [-0.39, 0.29) is 6.04 Å². The van der Waals surface area contributed by atoms with Crippen LogP contribution in [0.4, 0.5) is 13.2 Å². The molecule has 0 spiro atoms. The summed E-state index contributed by atoms with van der Waals surface area (Å²) in [6.45, 7) is 2.00. The molecule has 7 heteroatoms. The third-order valence-corrected chi connectivity index (χ3v) is 2.79. The molecule has 0 radical (unpaired) electrons. The summed E-state index contributed by atoms with van der Waals surface area (Å²) in [5.41, 5.74) is 2.17. The van der Waals surface area contributed by atoms with Gasteiger partial charge in [-0.3, -0.25) is 4.79 Å². The zero-order valence-electron chi connectivity index (χ0n) is 9.27. The minimum absolute atomic E-state index is 0.247. The van der Waals surface area contributed by atoms with Crippen LogP contribution in [0.2, 0.25) is 0 Å². The second-order valence-corrected chi connectivity index (χ2v) is 4.42. The molecular weight excluding hydrogens is 223 g/mol. The van der Waals surface area contributed by atoms with E-state index >= 15 is 0 Å². The quantitative estimate of drug-likeness (QED) is 0.718. The Balaban J connectivity index is 2.59. The van der Waals surface area contributed by atoms with E-state index in [4.69, 9.17) is 5.73 Å². The second-order valence-electron chi connectivity index (χ2n) is 4.42. The number of rotatable bonds is 2. The van der Waals surface area contributed by atoms with Crippen LogP contribution >= 0.6 is 0 Å². The lowest BCUT2D eigenvalue weighted by atomic mass is 10.0. The van der Waals surface area contributed by atoms with Crippen molar-refractivity contribution in [2.45, 2.75) is 31.1 Å². The number of likely N-dealkylation sites (N-methyl/N-ethyl adjacent to an activating group) is 1. The van der Waals surface area contributed by atoms with Gasteiger partial charge in [0.2, 0.25) is 5.91 Å². The highest BCUT2D eigenvalue weighted by atomic mass is 19.4. The van der Waals surface area contributed by atoms with Crippen LogP contribution in [0.5, 0.6) is 0 Å². The van der Waals surface area contributed by atoms with Crippen molar-refractivity contribution in [3.05, 3.63) is 0 Å². The van der Waals surface area contributed by atoms with Gasteiger partial charge >= 0.3 is 6.18 Å². The van der Waals surface area contributed by atoms with Crippen molar-refractivity contribution in [3.8, 4) is 0 Å². The Bertz CT molecular complexity index is 278. The zero-order valence-corrected chi connectivity index (χ0v) is 9.27. The molecule has 1 aliphatic heterocycles. The van der Waals surface area contributed by atoms with E-state index in [9.17, 15) is 18.0 Å². The number of amides is 1. The van der Waals surface area contributed by atoms with E-state index in [0.717, 1.165) is 6.54 Å². The number of hydrogen-bond acceptors (Lipinski definition) is 3. The topological polar surface area (TPSA) is 58.4 Å². The van der Waals surface area contributed by atoms with Crippen LogP contribution in [0, 0.1) is 0 Å². The van der Waals surface area contributed by atoms with Gasteiger partial charge in [0.05, 0.1) is 0 Å². The number of hydrogen-bond donors (Lipinski definition) is 2. The molecule has 2 atom stereocenters. The summed E-state index contributed by atoms with van der Waals surface area (Å²) in [6.07, 6.45) is -4.09. The smallest absolute Gasteiger partial charge is 0.350 e. The van der Waals surface area contributed by atoms with E-state index < -0.39 is 17.6 Å². The molecule has 0 aromatic carbocycles. The lowest BCUT2D eigenvalue weighted by Gasteiger charge is -2.27. The van der Waals surface area contributed by atoms with Gasteiger partial charge in [-0.1, -0.05) is 0 Å². The summed E-state index contributed by atoms with van der Waals surface area (Å²) in [6, 6.07) is -0.247. The third-order valence-electron chi connectivity index (χ3n) is 2.79. The zero-order chi connectivity index (χ0) is 12.6. The molecule has 0 saturated carbocycles. The molecular formula is C9H16F3N3O. The Hall–Kier alpha value is -0.820. The monoisotopic (exact) mass is 239 g/mol. The Kier molecular flexibility index (Phi) is 3.49. The number of nitrogens with zero attached hydrogens (tertiary/aromatic N) is 1. The molecule has 1 heterocycles. The van der Waals surface area contributed by atoms with Gasteiger partial charge in [-0.25, -0.2) is 0 Å². The molecule has 16 heavy (non-hydrogen) atoms. The number of nitrogens with one attached hydrogen (secondary N) is 1. The van der Waals surface area contributed by atoms with Crippen molar-refractivity contribution in [1.82, 2.24) is 10.2 Å². The molecule has 4 nitrogen and oxygen atoms in total. The number of carbonyl (C=O) groups excluding carboxylic acids is 1. The van der Waals surface area contributed by atoms with Crippen molar-refractivity contribution in [3.63, 3.8) is 0 Å². The van der Waals surface area contributed by atoms with Gasteiger partial charge in [0, 0.05) is 12.6 Å². The number of nitrogens with two attached hydrogens (primary N) is 1. The van der Waals surface area contributed by atoms with Crippen molar-refractivity contribution < 1.29 is 18.0 Å². The van der Waals surface area contributed by atoms with Gasteiger partial charge in [0.15, 0.2) is 5.54 Å². The highest BCUT2D eigenvalue weighted by Crippen LogP contribution is 2.28. The summed E-state index contributed by atoms with van der Waals surface area (Å²) in [7, 11) is 1.84. The number of alkyl halides is 3. The predicted octanol–water partition coefficient (Wildman–Crippen LogP) is 0.0864. The van der Waals surface area contributed by atoms with E-state index in [0.29, 0.717) is 19.9 Å². The molecule has 1 saturated heterocycles. The van der Waals surface area contributed by atoms with Crippen molar-refractivity contribution in [2.75, 3.05) is 20.1 Å². The van der Waals surface area contributed by atoms with Gasteiger partial charge in [-0.05, 0) is 26.9 Å². The summed E-state index contributed by atoms with van der Waals surface area (Å²) in [4.78, 5) is 13.3. The Labute approximate surface area is 92.0 Å². The Morgan fingerprint density at radius 3 is 2.44 bits per heavy atom. The van der Waals surface area contributed by atoms with Gasteiger partial charge in [0.1, 0.15) is 0 Å². The average Bonchev–Trinajstić information content (AvgIpc) is 2.49. The fourth-order valence-corrected chi connectivity index (χ4v) is 1.52. The van der Waals surface area contributed by atoms with E-state index in [1.807, 2.05) is 11.9 Å². The fourth-order valence-electron chi connectivity index (χ4n) is 1.52. The van der Waals surface area contributed by atoms with Gasteiger partial charge in [-0.15, -0.1) is 0 Å². The summed E-state index contributed by atoms with van der Waals surface area (Å²) in [5.74, 6) is -1.17. The number of carbonyl (C=O) groups is 1. The molecule has 1 rings (SSSR count). The average molecular weight is 239 g/mol. The summed E-state index contributed by atoms with van der Waals surface area (Å²) in [5, 5.41) is 2.33. The molecule has 3 N–H and O–H groups in total. The van der Waals surface area contributed by atoms with Crippen LogP contribution in [0.1, 0.15) is 13.3 Å². The lowest BCUT2D eigenvalue weighted by Crippen LogP contribution is -2.62. The Morgan fingerprint density at radius 2 is 2.06 bits per heavy atom. The first-order valence-corrected chi connectivity index (χ1v) is 4.99. The van der Waals surface area contributed by atoms with E-state index in [1.54, 1.807) is 0 Å². The maximum Gasteiger partial charge on any atom is 0.415 e. The second kappa shape index (κ2) is 4.21. The Morgan fingerprint density at radius 1 is 1.50 bits per heavy atom. The molecule has 1 fully saturated rings.